The molecule has 1 N–H and O–H groups in total. The van der Waals surface area contributed by atoms with E-state index in [1.807, 2.05) is 0 Å². The zero-order valence-corrected chi connectivity index (χ0v) is 14.6. The van der Waals surface area contributed by atoms with Crippen molar-refractivity contribution < 1.29 is 127 Å². The Hall–Kier alpha value is 2.59. The van der Waals surface area contributed by atoms with Gasteiger partial charge in [0.25, 0.3) is 0 Å². The summed E-state index contributed by atoms with van der Waals surface area (Å²) >= 11 is 0. The third-order valence-corrected chi connectivity index (χ3v) is 1.28. The first-order chi connectivity index (χ1) is 4.95. The number of carbonyl (C=O) groups is 1. The minimum Gasteiger partial charge on any atom is -0.808 e. The van der Waals surface area contributed by atoms with Crippen LogP contribution in [0.4, 0.5) is 0 Å². The summed E-state index contributed by atoms with van der Waals surface area (Å²) in [5, 5.41) is 8.58. The van der Waals surface area contributed by atoms with Crippen LogP contribution in [0.25, 0.3) is 0 Å². The van der Waals surface area contributed by atoms with Crippen LogP contribution < -0.4 is 113 Å². The van der Waals surface area contributed by atoms with Crippen molar-refractivity contribution in [3.63, 3.8) is 0 Å². The van der Waals surface area contributed by atoms with Gasteiger partial charge in [0.05, 0.1) is 6.54 Å². The molecule has 0 bridgehead atoms. The summed E-state index contributed by atoms with van der Waals surface area (Å²) in [6.07, 6.45) is 0.958. The van der Waals surface area contributed by atoms with Crippen molar-refractivity contribution in [3.8, 4) is 0 Å². The fourth-order valence-electron chi connectivity index (χ4n) is 0.327. The molecule has 0 rings (SSSR count). The van der Waals surface area contributed by atoms with E-state index in [0.29, 0.717) is 5.82 Å². The second kappa shape index (κ2) is 11.1. The van der Waals surface area contributed by atoms with Crippen molar-refractivity contribution in [2.24, 2.45) is 0 Å². The van der Waals surface area contributed by atoms with Crippen LogP contribution in [0.3, 0.4) is 0 Å². The maximum atomic E-state index is 9.90. The minimum atomic E-state index is -4.67. The summed E-state index contributed by atoms with van der Waals surface area (Å²) in [5.41, 5.74) is 0. The maximum absolute atomic E-state index is 9.90. The van der Waals surface area contributed by atoms with Gasteiger partial charge in [-0.2, -0.15) is 0 Å². The average molecular weight is 257 g/mol. The molecule has 0 spiro atoms. The van der Waals surface area contributed by atoms with Gasteiger partial charge in [0.15, 0.2) is 0 Å². The Labute approximate surface area is 161 Å². The second-order valence-corrected chi connectivity index (χ2v) is 3.03. The fraction of sp³-hybridized carbons (Fsp3) is 0.250. The van der Waals surface area contributed by atoms with Crippen molar-refractivity contribution >= 4 is 14.0 Å². The first-order valence-corrected chi connectivity index (χ1v) is 4.17. The van der Waals surface area contributed by atoms with Crippen LogP contribution in [0.5, 0.6) is 0 Å². The summed E-state index contributed by atoms with van der Waals surface area (Å²) in [6, 6.07) is 0. The zero-order valence-electron chi connectivity index (χ0n) is 7.41. The Morgan fingerprint density at radius 1 is 1.38 bits per heavy atom. The van der Waals surface area contributed by atoms with Crippen LogP contribution in [-0.4, -0.2) is 23.2 Å². The summed E-state index contributed by atoms with van der Waals surface area (Å²) in [6.45, 7) is -0.321. The van der Waals surface area contributed by atoms with Crippen molar-refractivity contribution in [1.29, 1.82) is 0 Å². The van der Waals surface area contributed by atoms with Gasteiger partial charge < -0.3 is 14.4 Å². The van der Waals surface area contributed by atoms with Gasteiger partial charge in [0, 0.05) is 0 Å². The molecular formula is C4H6K2NO5P. The predicted molar refractivity (Wildman–Crippen MR) is 31.3 cm³/mol. The fourth-order valence-corrected chi connectivity index (χ4v) is 0.680. The number of amides is 1. The van der Waals surface area contributed by atoms with Crippen LogP contribution in [-0.2, 0) is 9.36 Å². The molecule has 0 unspecified atom stereocenters. The van der Waals surface area contributed by atoms with Crippen LogP contribution in [0.1, 0.15) is 0 Å². The molecule has 0 aliphatic carbocycles. The molecule has 0 aromatic rings. The van der Waals surface area contributed by atoms with Crippen molar-refractivity contribution in [2.45, 2.75) is 0 Å². The second-order valence-electron chi connectivity index (χ2n) is 1.65. The number of rotatable bonds is 4. The number of carbonyl (C=O) groups excluding carboxylic acids is 1. The zero-order chi connectivity index (χ0) is 8.91. The first-order valence-electron chi connectivity index (χ1n) is 2.56. The van der Waals surface area contributed by atoms with E-state index in [9.17, 15) is 19.1 Å². The molecule has 0 atom stereocenters. The Morgan fingerprint density at radius 3 is 2.15 bits per heavy atom. The number of hydrogen-bond donors (Lipinski definition) is 1. The topological polar surface area (TPSA) is 104 Å². The number of nitrogens with zero attached hydrogens (tertiary/aromatic N) is 1. The van der Waals surface area contributed by atoms with Gasteiger partial charge in [-0.1, -0.05) is 11.9 Å². The summed E-state index contributed by atoms with van der Waals surface area (Å²) < 4.78 is 9.90. The van der Waals surface area contributed by atoms with Crippen molar-refractivity contribution in [1.82, 2.24) is 5.06 Å². The molecule has 6 nitrogen and oxygen atoms in total. The molecule has 0 aliphatic heterocycles. The summed E-state index contributed by atoms with van der Waals surface area (Å²) in [5.74, 6) is 0.389. The molecule has 0 aromatic carbocycles. The molecule has 9 heteroatoms. The number of hydrogen-bond acceptors (Lipinski definition) is 5. The van der Waals surface area contributed by atoms with E-state index in [0.717, 1.165) is 6.08 Å². The summed E-state index contributed by atoms with van der Waals surface area (Å²) in [7, 11) is -4.67. The van der Waals surface area contributed by atoms with E-state index < -0.39 is 7.60 Å². The van der Waals surface area contributed by atoms with E-state index in [4.69, 9.17) is 5.21 Å². The molecule has 0 saturated heterocycles. The first kappa shape index (κ1) is 20.9. The van der Waals surface area contributed by atoms with Gasteiger partial charge in [-0.25, -0.2) is 5.06 Å². The van der Waals surface area contributed by atoms with Gasteiger partial charge in [-0.15, -0.1) is 0 Å². The Bertz CT molecular complexity index is 205. The van der Waals surface area contributed by atoms with E-state index in [-0.39, 0.29) is 121 Å². The van der Waals surface area contributed by atoms with Gasteiger partial charge in [0.2, 0.25) is 6.41 Å². The molecule has 0 aliphatic rings. The predicted octanol–water partition coefficient (Wildman–Crippen LogP) is -7.73. The van der Waals surface area contributed by atoms with Crippen LogP contribution >= 0.6 is 7.60 Å². The van der Waals surface area contributed by atoms with Crippen LogP contribution in [0, 0.1) is 0 Å². The van der Waals surface area contributed by atoms with E-state index in [2.05, 4.69) is 0 Å². The van der Waals surface area contributed by atoms with Crippen molar-refractivity contribution in [2.75, 3.05) is 6.54 Å². The van der Waals surface area contributed by atoms with E-state index in [1.165, 1.54) is 0 Å². The molecule has 1 amide bonds. The van der Waals surface area contributed by atoms with Crippen LogP contribution in [0.15, 0.2) is 11.9 Å². The normalized spacial score (nSPS) is 10.1. The van der Waals surface area contributed by atoms with E-state index in [1.54, 1.807) is 0 Å². The quantitative estimate of drug-likeness (QED) is 0.177. The smallest absolute Gasteiger partial charge is 0.808 e. The molecule has 13 heavy (non-hydrogen) atoms. The Balaban J connectivity index is -0.000000500. The van der Waals surface area contributed by atoms with Gasteiger partial charge in [0.1, 0.15) is 0 Å². The Kier molecular flexibility index (Phi) is 17.9. The largest absolute Gasteiger partial charge is 1.00 e. The monoisotopic (exact) mass is 257 g/mol. The standard InChI is InChI=1S/C4H8NO5P.2K/c6-4-5(7)2-1-3-11(8,9)10;;/h1,3-4,7H,2H2,(H2,8,9,10);;/q;2*+1/p-2/b3-1+;;. The van der Waals surface area contributed by atoms with Gasteiger partial charge >= 0.3 is 103 Å². The third-order valence-electron chi connectivity index (χ3n) is 0.702. The molecule has 0 radical (unpaired) electrons. The Morgan fingerprint density at radius 2 is 1.85 bits per heavy atom. The molecule has 64 valence electrons. The molecular weight excluding hydrogens is 251 g/mol. The van der Waals surface area contributed by atoms with Crippen molar-refractivity contribution in [3.05, 3.63) is 11.9 Å². The van der Waals surface area contributed by atoms with E-state index >= 15 is 0 Å². The summed E-state index contributed by atoms with van der Waals surface area (Å²) in [4.78, 5) is 29.5. The maximum Gasteiger partial charge on any atom is 1.00 e. The molecule has 0 saturated carbocycles. The molecule has 0 fully saturated rings. The average Bonchev–Trinajstić information content (AvgIpc) is 1.85. The molecule has 0 aromatic heterocycles. The molecule has 0 heterocycles. The SMILES string of the molecule is O=CN(O)C/C=C/P(=O)([O-])[O-].[K+].[K+]. The van der Waals surface area contributed by atoms with Gasteiger partial charge in [-0.05, 0) is 7.60 Å². The third kappa shape index (κ3) is 17.2. The van der Waals surface area contributed by atoms with Gasteiger partial charge in [-0.3, -0.25) is 10.0 Å². The number of hydroxylamine groups is 2. The minimum absolute atomic E-state index is 0. The van der Waals surface area contributed by atoms with Crippen LogP contribution in [0.2, 0.25) is 0 Å².